The van der Waals surface area contributed by atoms with Gasteiger partial charge in [0, 0.05) is 64.4 Å². The molecule has 5 rings (SSSR count). The molecule has 1 aliphatic heterocycles. The van der Waals surface area contributed by atoms with Gasteiger partial charge in [0.15, 0.2) is 11.3 Å². The molecule has 1 amide bonds. The second-order valence-corrected chi connectivity index (χ2v) is 10.6. The van der Waals surface area contributed by atoms with Crippen molar-refractivity contribution in [1.82, 2.24) is 43.4 Å². The summed E-state index contributed by atoms with van der Waals surface area (Å²) in [6, 6.07) is 3.43. The van der Waals surface area contributed by atoms with E-state index in [1.807, 2.05) is 13.1 Å². The van der Waals surface area contributed by atoms with E-state index in [1.165, 1.54) is 21.4 Å². The highest BCUT2D eigenvalue weighted by molar-refractivity contribution is 9.10. The molecular weight excluding hydrogens is 526 g/mol. The number of sulfonamides is 1. The predicted octanol–water partition coefficient (Wildman–Crippen LogP) is 1.26. The van der Waals surface area contributed by atoms with Crippen molar-refractivity contribution in [2.24, 2.45) is 7.05 Å². The first kappa shape index (κ1) is 22.7. The normalized spacial score (nSPS) is 15.3. The van der Waals surface area contributed by atoms with Crippen molar-refractivity contribution in [2.75, 3.05) is 26.2 Å². The van der Waals surface area contributed by atoms with Gasteiger partial charge in [0.2, 0.25) is 10.0 Å². The minimum atomic E-state index is -3.65. The zero-order valence-electron chi connectivity index (χ0n) is 18.5. The van der Waals surface area contributed by atoms with Crippen LogP contribution in [-0.2, 0) is 23.6 Å². The lowest BCUT2D eigenvalue weighted by atomic mass is 10.3. The third-order valence-corrected chi connectivity index (χ3v) is 8.14. The Morgan fingerprint density at radius 2 is 1.91 bits per heavy atom. The summed E-state index contributed by atoms with van der Waals surface area (Å²) in [4.78, 5) is 19.3. The second kappa shape index (κ2) is 8.60. The molecule has 4 aromatic heterocycles. The maximum atomic E-state index is 13.2. The zero-order chi connectivity index (χ0) is 24.0. The molecule has 0 bridgehead atoms. The van der Waals surface area contributed by atoms with Gasteiger partial charge in [0.05, 0.1) is 16.4 Å². The maximum Gasteiger partial charge on any atom is 0.274 e. The quantitative estimate of drug-likeness (QED) is 0.368. The Kier molecular flexibility index (Phi) is 5.73. The van der Waals surface area contributed by atoms with E-state index < -0.39 is 10.0 Å². The number of amides is 1. The number of rotatable bonds is 5. The monoisotopic (exact) mass is 547 g/mol. The largest absolute Gasteiger partial charge is 0.335 e. The first-order chi connectivity index (χ1) is 16.3. The Balaban J connectivity index is 1.36. The van der Waals surface area contributed by atoms with Crippen molar-refractivity contribution in [2.45, 2.75) is 18.4 Å². The number of piperazine rings is 1. The van der Waals surface area contributed by atoms with Gasteiger partial charge in [0.25, 0.3) is 5.91 Å². The molecule has 14 heteroatoms. The summed E-state index contributed by atoms with van der Waals surface area (Å²) < 4.78 is 32.7. The lowest BCUT2D eigenvalue weighted by Crippen LogP contribution is -2.50. The Hall–Kier alpha value is -3.10. The molecule has 4 aromatic rings. The number of aromatic nitrogens is 7. The van der Waals surface area contributed by atoms with E-state index in [1.54, 1.807) is 39.5 Å². The minimum Gasteiger partial charge on any atom is -0.335 e. The summed E-state index contributed by atoms with van der Waals surface area (Å²) in [5.41, 5.74) is 2.17. The van der Waals surface area contributed by atoms with Gasteiger partial charge >= 0.3 is 0 Å². The molecule has 12 nitrogen and oxygen atoms in total. The highest BCUT2D eigenvalue weighted by Crippen LogP contribution is 2.27. The Bertz CT molecular complexity index is 1480. The first-order valence-electron chi connectivity index (χ1n) is 10.6. The minimum absolute atomic E-state index is 0.144. The van der Waals surface area contributed by atoms with E-state index >= 15 is 0 Å². The maximum absolute atomic E-state index is 13.2. The number of halogens is 1. The van der Waals surface area contributed by atoms with Crippen molar-refractivity contribution in [3.05, 3.63) is 47.1 Å². The van der Waals surface area contributed by atoms with Crippen LogP contribution < -0.4 is 0 Å². The summed E-state index contributed by atoms with van der Waals surface area (Å²) in [5.74, 6) is -0.270. The summed E-state index contributed by atoms with van der Waals surface area (Å²) in [6.07, 6.45) is 6.34. The molecular formula is C20H22BrN9O3S. The van der Waals surface area contributed by atoms with Crippen LogP contribution in [0.25, 0.3) is 17.0 Å². The molecule has 178 valence electrons. The van der Waals surface area contributed by atoms with Crippen LogP contribution in [0.4, 0.5) is 0 Å². The number of carbonyl (C=O) groups excluding carboxylic acids is 1. The third kappa shape index (κ3) is 3.91. The summed E-state index contributed by atoms with van der Waals surface area (Å²) in [6.45, 7) is 3.64. The summed E-state index contributed by atoms with van der Waals surface area (Å²) in [7, 11) is -1.98. The third-order valence-electron chi connectivity index (χ3n) is 5.71. The van der Waals surface area contributed by atoms with Gasteiger partial charge in [-0.05, 0) is 28.9 Å². The molecule has 0 N–H and O–H groups in total. The topological polar surface area (TPSA) is 124 Å². The average molecular weight is 548 g/mol. The van der Waals surface area contributed by atoms with Crippen LogP contribution >= 0.6 is 15.9 Å². The van der Waals surface area contributed by atoms with E-state index in [4.69, 9.17) is 0 Å². The Labute approximate surface area is 204 Å². The number of hydrogen-bond acceptors (Lipinski definition) is 7. The predicted molar refractivity (Wildman–Crippen MR) is 125 cm³/mol. The van der Waals surface area contributed by atoms with Crippen molar-refractivity contribution in [1.29, 1.82) is 0 Å². The van der Waals surface area contributed by atoms with Crippen molar-refractivity contribution >= 4 is 37.5 Å². The number of carbonyl (C=O) groups is 1. The van der Waals surface area contributed by atoms with E-state index in [0.717, 1.165) is 11.0 Å². The second-order valence-electron chi connectivity index (χ2n) is 7.86. The molecule has 5 heterocycles. The van der Waals surface area contributed by atoms with Crippen molar-refractivity contribution in [3.8, 4) is 11.4 Å². The highest BCUT2D eigenvalue weighted by atomic mass is 79.9. The molecule has 1 aliphatic rings. The summed E-state index contributed by atoms with van der Waals surface area (Å²) in [5, 5.41) is 13.0. The molecule has 0 aliphatic carbocycles. The van der Waals surface area contributed by atoms with Crippen LogP contribution in [0.5, 0.6) is 0 Å². The van der Waals surface area contributed by atoms with Gasteiger partial charge in [-0.25, -0.2) is 17.9 Å². The zero-order valence-corrected chi connectivity index (χ0v) is 20.9. The molecule has 0 saturated carbocycles. The van der Waals surface area contributed by atoms with Crippen LogP contribution in [-0.4, -0.2) is 83.9 Å². The fraction of sp³-hybridized carbons (Fsp3) is 0.350. The molecule has 0 atom stereocenters. The van der Waals surface area contributed by atoms with Crippen LogP contribution in [0.1, 0.15) is 17.4 Å². The van der Waals surface area contributed by atoms with Gasteiger partial charge in [0.1, 0.15) is 10.6 Å². The SMILES string of the molecule is CCn1cc(Br)c(-c2ccnc3cc(C(=O)N4CCN(S(=O)(=O)c5cnn(C)c5)CC4)nn23)n1. The standard InChI is InChI=1S/C20H22BrN9O3S/c1-3-28-13-15(21)19(25-28)17-4-5-22-18-10-16(24-30(17)18)20(31)27-6-8-29(9-7-27)34(32,33)14-11-23-26(2)12-14/h4-5,10-13H,3,6-9H2,1-2H3. The Morgan fingerprint density at radius 1 is 1.15 bits per heavy atom. The van der Waals surface area contributed by atoms with Gasteiger partial charge in [-0.3, -0.25) is 14.2 Å². The van der Waals surface area contributed by atoms with Gasteiger partial charge in [-0.15, -0.1) is 0 Å². The van der Waals surface area contributed by atoms with E-state index in [0.29, 0.717) is 17.0 Å². The number of aryl methyl sites for hydroxylation is 2. The summed E-state index contributed by atoms with van der Waals surface area (Å²) >= 11 is 3.54. The lowest BCUT2D eigenvalue weighted by molar-refractivity contribution is 0.0691. The molecule has 0 radical (unpaired) electrons. The van der Waals surface area contributed by atoms with Crippen LogP contribution in [0.15, 0.2) is 46.3 Å². The van der Waals surface area contributed by atoms with Crippen molar-refractivity contribution in [3.63, 3.8) is 0 Å². The number of nitrogens with zero attached hydrogens (tertiary/aromatic N) is 9. The molecule has 34 heavy (non-hydrogen) atoms. The van der Waals surface area contributed by atoms with Gasteiger partial charge < -0.3 is 4.90 Å². The van der Waals surface area contributed by atoms with E-state index in [2.05, 4.69) is 36.2 Å². The smallest absolute Gasteiger partial charge is 0.274 e. The van der Waals surface area contributed by atoms with Crippen LogP contribution in [0, 0.1) is 0 Å². The molecule has 1 saturated heterocycles. The van der Waals surface area contributed by atoms with Crippen molar-refractivity contribution < 1.29 is 13.2 Å². The molecule has 0 spiro atoms. The fourth-order valence-electron chi connectivity index (χ4n) is 3.89. The average Bonchev–Trinajstić information content (AvgIpc) is 3.56. The Morgan fingerprint density at radius 3 is 2.56 bits per heavy atom. The first-order valence-corrected chi connectivity index (χ1v) is 12.9. The van der Waals surface area contributed by atoms with Gasteiger partial charge in [-0.1, -0.05) is 0 Å². The highest BCUT2D eigenvalue weighted by Gasteiger charge is 2.32. The van der Waals surface area contributed by atoms with Crippen LogP contribution in [0.2, 0.25) is 0 Å². The lowest BCUT2D eigenvalue weighted by Gasteiger charge is -2.33. The van der Waals surface area contributed by atoms with E-state index in [9.17, 15) is 13.2 Å². The molecule has 0 aromatic carbocycles. The van der Waals surface area contributed by atoms with E-state index in [-0.39, 0.29) is 42.7 Å². The number of hydrogen-bond donors (Lipinski definition) is 0. The molecule has 1 fully saturated rings. The van der Waals surface area contributed by atoms with Gasteiger partial charge in [-0.2, -0.15) is 19.6 Å². The molecule has 0 unspecified atom stereocenters. The number of fused-ring (bicyclic) bond motifs is 1. The van der Waals surface area contributed by atoms with Crippen LogP contribution in [0.3, 0.4) is 0 Å². The fourth-order valence-corrected chi connectivity index (χ4v) is 5.81.